The van der Waals surface area contributed by atoms with Crippen LogP contribution in [0.2, 0.25) is 0 Å². The van der Waals surface area contributed by atoms with Gasteiger partial charge in [-0.05, 0) is 43.3 Å². The molecule has 2 heterocycles. The van der Waals surface area contributed by atoms with E-state index in [0.29, 0.717) is 19.6 Å². The first-order valence-electron chi connectivity index (χ1n) is 9.85. The zero-order valence-corrected chi connectivity index (χ0v) is 16.7. The van der Waals surface area contributed by atoms with Gasteiger partial charge < -0.3 is 15.3 Å². The summed E-state index contributed by atoms with van der Waals surface area (Å²) in [5, 5.41) is 14.7. The van der Waals surface area contributed by atoms with Crippen molar-refractivity contribution in [2.24, 2.45) is 0 Å². The third kappa shape index (κ3) is 4.09. The molecule has 29 heavy (non-hydrogen) atoms. The van der Waals surface area contributed by atoms with Crippen molar-refractivity contribution in [1.82, 2.24) is 14.8 Å². The zero-order valence-electron chi connectivity index (χ0n) is 16.7. The molecule has 3 aromatic rings. The Labute approximate surface area is 170 Å². The van der Waals surface area contributed by atoms with E-state index in [9.17, 15) is 9.90 Å². The van der Waals surface area contributed by atoms with Crippen LogP contribution < -0.4 is 5.32 Å². The van der Waals surface area contributed by atoms with E-state index in [4.69, 9.17) is 0 Å². The van der Waals surface area contributed by atoms with Crippen molar-refractivity contribution in [2.75, 3.05) is 25.5 Å². The maximum atomic E-state index is 12.7. The molecule has 1 aromatic heterocycles. The number of aliphatic hydroxyl groups is 1. The van der Waals surface area contributed by atoms with E-state index in [1.165, 1.54) is 0 Å². The second kappa shape index (κ2) is 8.19. The lowest BCUT2D eigenvalue weighted by Gasteiger charge is -2.27. The summed E-state index contributed by atoms with van der Waals surface area (Å²) < 4.78 is 0. The molecular weight excluding hydrogens is 364 g/mol. The Hall–Kier alpha value is -2.96. The van der Waals surface area contributed by atoms with Crippen molar-refractivity contribution >= 4 is 22.6 Å². The second-order valence-corrected chi connectivity index (χ2v) is 7.69. The lowest BCUT2D eigenvalue weighted by Crippen LogP contribution is -2.40. The number of aliphatic hydroxyl groups excluding tert-OH is 1. The Kier molecular flexibility index (Phi) is 5.47. The molecule has 150 valence electrons. The molecule has 0 radical (unpaired) electrons. The van der Waals surface area contributed by atoms with Crippen LogP contribution in [0.4, 0.5) is 10.5 Å². The topological polar surface area (TPSA) is 68.7 Å². The van der Waals surface area contributed by atoms with Gasteiger partial charge in [-0.15, -0.1) is 0 Å². The number of fused-ring (bicyclic) bond motifs is 1. The van der Waals surface area contributed by atoms with Gasteiger partial charge in [0.2, 0.25) is 0 Å². The number of pyridine rings is 1. The number of β-amino-alcohol motifs (C(OH)–C–C–N with tert-alkyl or cyclic N) is 1. The van der Waals surface area contributed by atoms with E-state index >= 15 is 0 Å². The van der Waals surface area contributed by atoms with Gasteiger partial charge in [-0.3, -0.25) is 9.88 Å². The third-order valence-electron chi connectivity index (χ3n) is 5.66. The van der Waals surface area contributed by atoms with E-state index in [2.05, 4.69) is 21.3 Å². The molecule has 2 amide bonds. The van der Waals surface area contributed by atoms with Crippen LogP contribution in [0.1, 0.15) is 11.1 Å². The standard InChI is InChI=1S/C23H26N4O2/c1-16-7-3-5-9-19(16)25-23(29)27-14-21(22(28)15-27)26(2)13-17-11-12-24-20-10-6-4-8-18(17)20/h3-12,21-22,28H,13-15H2,1-2H3,(H,25,29)/t21-,22-/m0/s1. The van der Waals surface area contributed by atoms with Crippen molar-refractivity contribution in [2.45, 2.75) is 25.6 Å². The molecule has 2 N–H and O–H groups in total. The van der Waals surface area contributed by atoms with Gasteiger partial charge in [0.25, 0.3) is 0 Å². The average molecular weight is 390 g/mol. The molecule has 6 nitrogen and oxygen atoms in total. The highest BCUT2D eigenvalue weighted by Gasteiger charge is 2.36. The SMILES string of the molecule is Cc1ccccc1NC(=O)N1C[C@H](O)[C@@H](N(C)Cc2ccnc3ccccc23)C1. The number of carbonyl (C=O) groups is 1. The number of hydrogen-bond donors (Lipinski definition) is 2. The summed E-state index contributed by atoms with van der Waals surface area (Å²) in [6, 6.07) is 17.5. The molecule has 2 aromatic carbocycles. The number of likely N-dealkylation sites (N-methyl/N-ethyl adjacent to an activating group) is 1. The van der Waals surface area contributed by atoms with Crippen LogP contribution >= 0.6 is 0 Å². The Morgan fingerprint density at radius 2 is 1.93 bits per heavy atom. The Morgan fingerprint density at radius 1 is 1.17 bits per heavy atom. The molecule has 1 aliphatic heterocycles. The minimum absolute atomic E-state index is 0.121. The largest absolute Gasteiger partial charge is 0.390 e. The quantitative estimate of drug-likeness (QED) is 0.718. The van der Waals surface area contributed by atoms with Crippen LogP contribution in [0, 0.1) is 6.92 Å². The van der Waals surface area contributed by atoms with Gasteiger partial charge in [0, 0.05) is 30.4 Å². The molecule has 0 unspecified atom stereocenters. The first-order valence-corrected chi connectivity index (χ1v) is 9.85. The maximum Gasteiger partial charge on any atom is 0.321 e. The molecule has 6 heteroatoms. The van der Waals surface area contributed by atoms with Gasteiger partial charge in [0.15, 0.2) is 0 Å². The number of aromatic nitrogens is 1. The van der Waals surface area contributed by atoms with Crippen molar-refractivity contribution < 1.29 is 9.90 Å². The predicted molar refractivity (Wildman–Crippen MR) is 115 cm³/mol. The van der Waals surface area contributed by atoms with E-state index in [0.717, 1.165) is 27.7 Å². The summed E-state index contributed by atoms with van der Waals surface area (Å²) in [7, 11) is 1.99. The number of para-hydroxylation sites is 2. The first-order chi connectivity index (χ1) is 14.0. The van der Waals surface area contributed by atoms with Crippen LogP contribution in [0.25, 0.3) is 10.9 Å². The van der Waals surface area contributed by atoms with Crippen LogP contribution in [0.5, 0.6) is 0 Å². The minimum Gasteiger partial charge on any atom is -0.390 e. The summed E-state index contributed by atoms with van der Waals surface area (Å²) in [6.07, 6.45) is 1.23. The number of amides is 2. The van der Waals surface area contributed by atoms with Gasteiger partial charge in [-0.25, -0.2) is 4.79 Å². The summed E-state index contributed by atoms with van der Waals surface area (Å²) in [4.78, 5) is 20.9. The highest BCUT2D eigenvalue weighted by atomic mass is 16.3. The highest BCUT2D eigenvalue weighted by Crippen LogP contribution is 2.22. The minimum atomic E-state index is -0.587. The number of hydrogen-bond acceptors (Lipinski definition) is 4. The van der Waals surface area contributed by atoms with Crippen LogP contribution in [0.3, 0.4) is 0 Å². The van der Waals surface area contributed by atoms with Crippen LogP contribution in [-0.4, -0.2) is 58.2 Å². The number of rotatable bonds is 4. The third-order valence-corrected chi connectivity index (χ3v) is 5.66. The van der Waals surface area contributed by atoms with Gasteiger partial charge >= 0.3 is 6.03 Å². The summed E-state index contributed by atoms with van der Waals surface area (Å²) >= 11 is 0. The molecular formula is C23H26N4O2. The molecule has 0 aliphatic carbocycles. The number of urea groups is 1. The summed E-state index contributed by atoms with van der Waals surface area (Å²) in [5.41, 5.74) is 3.93. The molecule has 1 saturated heterocycles. The van der Waals surface area contributed by atoms with Crippen molar-refractivity contribution in [3.8, 4) is 0 Å². The normalized spacial score (nSPS) is 19.1. The molecule has 4 rings (SSSR count). The van der Waals surface area contributed by atoms with Crippen molar-refractivity contribution in [3.05, 3.63) is 71.9 Å². The number of nitrogens with zero attached hydrogens (tertiary/aromatic N) is 3. The zero-order chi connectivity index (χ0) is 20.4. The lowest BCUT2D eigenvalue weighted by molar-refractivity contribution is 0.0953. The molecule has 1 fully saturated rings. The van der Waals surface area contributed by atoms with Gasteiger partial charge in [0.1, 0.15) is 0 Å². The molecule has 0 saturated carbocycles. The summed E-state index contributed by atoms with van der Waals surface area (Å²) in [6.45, 7) is 3.45. The van der Waals surface area contributed by atoms with E-state index in [-0.39, 0.29) is 12.1 Å². The molecule has 2 atom stereocenters. The number of carbonyl (C=O) groups excluding carboxylic acids is 1. The summed E-state index contributed by atoms with van der Waals surface area (Å²) in [5.74, 6) is 0. The average Bonchev–Trinajstić information content (AvgIpc) is 3.12. The molecule has 0 bridgehead atoms. The molecule has 0 spiro atoms. The highest BCUT2D eigenvalue weighted by molar-refractivity contribution is 5.90. The Balaban J connectivity index is 1.44. The number of nitrogens with one attached hydrogen (secondary N) is 1. The van der Waals surface area contributed by atoms with Crippen LogP contribution in [-0.2, 0) is 6.54 Å². The van der Waals surface area contributed by atoms with Crippen molar-refractivity contribution in [3.63, 3.8) is 0 Å². The lowest BCUT2D eigenvalue weighted by atomic mass is 10.1. The Morgan fingerprint density at radius 3 is 2.76 bits per heavy atom. The van der Waals surface area contributed by atoms with E-state index < -0.39 is 6.10 Å². The maximum absolute atomic E-state index is 12.7. The fraction of sp³-hybridized carbons (Fsp3) is 0.304. The van der Waals surface area contributed by atoms with Gasteiger partial charge in [0.05, 0.1) is 24.2 Å². The van der Waals surface area contributed by atoms with Gasteiger partial charge in [-0.2, -0.15) is 0 Å². The van der Waals surface area contributed by atoms with E-state index in [1.807, 2.05) is 68.7 Å². The number of aryl methyl sites for hydroxylation is 1. The van der Waals surface area contributed by atoms with Crippen molar-refractivity contribution in [1.29, 1.82) is 0 Å². The van der Waals surface area contributed by atoms with Crippen LogP contribution in [0.15, 0.2) is 60.8 Å². The second-order valence-electron chi connectivity index (χ2n) is 7.69. The monoisotopic (exact) mass is 390 g/mol. The molecule has 1 aliphatic rings. The number of likely N-dealkylation sites (tertiary alicyclic amines) is 1. The Bertz CT molecular complexity index is 1020. The fourth-order valence-electron chi connectivity index (χ4n) is 3.95. The fourth-order valence-corrected chi connectivity index (χ4v) is 3.95. The van der Waals surface area contributed by atoms with Gasteiger partial charge in [-0.1, -0.05) is 36.4 Å². The smallest absolute Gasteiger partial charge is 0.321 e. The number of benzene rings is 2. The number of anilines is 1. The predicted octanol–water partition coefficient (Wildman–Crippen LogP) is 3.25. The first kappa shape index (κ1) is 19.4. The van der Waals surface area contributed by atoms with E-state index in [1.54, 1.807) is 4.90 Å².